The van der Waals surface area contributed by atoms with Gasteiger partial charge < -0.3 is 10.0 Å². The highest BCUT2D eigenvalue weighted by Gasteiger charge is 2.33. The zero-order valence-corrected chi connectivity index (χ0v) is 12.1. The summed E-state index contributed by atoms with van der Waals surface area (Å²) in [6.07, 6.45) is 2.54. The van der Waals surface area contributed by atoms with E-state index < -0.39 is 12.0 Å². The number of benzene rings is 1. The molecule has 2 rings (SSSR count). The quantitative estimate of drug-likeness (QED) is 0.928. The van der Waals surface area contributed by atoms with Crippen molar-refractivity contribution < 1.29 is 9.90 Å². The van der Waals surface area contributed by atoms with Crippen LogP contribution in [0.4, 0.5) is 5.69 Å². The number of nitrogens with zero attached hydrogens (tertiary/aromatic N) is 2. The van der Waals surface area contributed by atoms with Crippen molar-refractivity contribution in [3.8, 4) is 6.07 Å². The van der Waals surface area contributed by atoms with E-state index in [-0.39, 0.29) is 0 Å². The fourth-order valence-electron chi connectivity index (χ4n) is 2.77. The Hall–Kier alpha value is -1.73. The number of anilines is 1. The molecule has 1 fully saturated rings. The fourth-order valence-corrected chi connectivity index (χ4v) is 2.93. The molecule has 0 aromatic heterocycles. The van der Waals surface area contributed by atoms with Crippen molar-refractivity contribution in [3.05, 3.63) is 28.8 Å². The zero-order chi connectivity index (χ0) is 14.7. The first-order valence-corrected chi connectivity index (χ1v) is 7.13. The smallest absolute Gasteiger partial charge is 0.326 e. The molecule has 1 N–H and O–H groups in total. The van der Waals surface area contributed by atoms with Gasteiger partial charge in [-0.15, -0.1) is 0 Å². The predicted molar refractivity (Wildman–Crippen MR) is 78.0 cm³/mol. The Kier molecular flexibility index (Phi) is 4.51. The molecule has 0 aliphatic carbocycles. The maximum Gasteiger partial charge on any atom is 0.326 e. The number of piperidine rings is 1. The van der Waals surface area contributed by atoms with Gasteiger partial charge in [0.2, 0.25) is 0 Å². The summed E-state index contributed by atoms with van der Waals surface area (Å²) < 4.78 is 0. The van der Waals surface area contributed by atoms with Gasteiger partial charge in [0.1, 0.15) is 12.1 Å². The number of nitriles is 1. The van der Waals surface area contributed by atoms with Crippen LogP contribution in [0, 0.1) is 17.2 Å². The molecule has 1 saturated heterocycles. The van der Waals surface area contributed by atoms with Crippen LogP contribution in [0.3, 0.4) is 0 Å². The molecule has 0 spiro atoms. The van der Waals surface area contributed by atoms with Crippen LogP contribution >= 0.6 is 11.6 Å². The van der Waals surface area contributed by atoms with E-state index in [4.69, 9.17) is 11.6 Å². The first-order chi connectivity index (χ1) is 9.56. The van der Waals surface area contributed by atoms with Gasteiger partial charge in [-0.25, -0.2) is 4.79 Å². The fraction of sp³-hybridized carbons (Fsp3) is 0.467. The number of carbonyl (C=O) groups is 1. The molecule has 1 aliphatic rings. The molecule has 1 heterocycles. The molecule has 2 atom stereocenters. The van der Waals surface area contributed by atoms with Crippen LogP contribution in [0.5, 0.6) is 0 Å². The summed E-state index contributed by atoms with van der Waals surface area (Å²) in [7, 11) is 0. The molecule has 5 heteroatoms. The van der Waals surface area contributed by atoms with Crippen molar-refractivity contribution in [1.29, 1.82) is 5.26 Å². The molecular weight excluding hydrogens is 276 g/mol. The van der Waals surface area contributed by atoms with Gasteiger partial charge in [-0.05, 0) is 37.0 Å². The Labute approximate surface area is 123 Å². The normalized spacial score (nSPS) is 22.4. The molecule has 1 aliphatic heterocycles. The second kappa shape index (κ2) is 6.15. The minimum Gasteiger partial charge on any atom is -0.480 e. The number of hydrogen-bond donors (Lipinski definition) is 1. The average molecular weight is 293 g/mol. The van der Waals surface area contributed by atoms with Crippen molar-refractivity contribution in [3.63, 3.8) is 0 Å². The summed E-state index contributed by atoms with van der Waals surface area (Å²) in [5.74, 6) is -0.413. The van der Waals surface area contributed by atoms with Crippen LogP contribution in [-0.4, -0.2) is 23.7 Å². The van der Waals surface area contributed by atoms with Crippen molar-refractivity contribution in [2.75, 3.05) is 11.4 Å². The molecule has 1 aromatic rings. The maximum atomic E-state index is 11.5. The molecular formula is C15H17ClN2O2. The van der Waals surface area contributed by atoms with E-state index in [0.29, 0.717) is 35.2 Å². The van der Waals surface area contributed by atoms with Crippen molar-refractivity contribution in [2.45, 2.75) is 32.2 Å². The largest absolute Gasteiger partial charge is 0.480 e. The van der Waals surface area contributed by atoms with Gasteiger partial charge in [-0.2, -0.15) is 5.26 Å². The molecule has 0 amide bonds. The summed E-state index contributed by atoms with van der Waals surface area (Å²) in [5, 5.41) is 19.2. The summed E-state index contributed by atoms with van der Waals surface area (Å²) in [6.45, 7) is 2.73. The first kappa shape index (κ1) is 14.7. The first-order valence-electron chi connectivity index (χ1n) is 6.76. The maximum absolute atomic E-state index is 11.5. The van der Waals surface area contributed by atoms with Crippen molar-refractivity contribution in [1.82, 2.24) is 0 Å². The highest BCUT2D eigenvalue weighted by Crippen LogP contribution is 2.33. The molecule has 106 valence electrons. The monoisotopic (exact) mass is 292 g/mol. The van der Waals surface area contributed by atoms with Crippen LogP contribution in [0.15, 0.2) is 18.2 Å². The van der Waals surface area contributed by atoms with E-state index in [0.717, 1.165) is 12.8 Å². The highest BCUT2D eigenvalue weighted by atomic mass is 35.5. The third-order valence-corrected chi connectivity index (χ3v) is 4.20. The standard InChI is InChI=1S/C15H17ClN2O2/c1-2-10-5-6-18(14(7-10)15(19)20)13-8-12(16)4-3-11(13)9-17/h3-4,8,10,14H,2,5-7H2,1H3,(H,19,20). The lowest BCUT2D eigenvalue weighted by atomic mass is 9.88. The minimum absolute atomic E-state index is 0.428. The Balaban J connectivity index is 2.38. The molecule has 1 aromatic carbocycles. The number of aliphatic carboxylic acids is 1. The van der Waals surface area contributed by atoms with Crippen LogP contribution in [0.1, 0.15) is 31.7 Å². The third kappa shape index (κ3) is 2.88. The van der Waals surface area contributed by atoms with Gasteiger partial charge in [0.05, 0.1) is 11.3 Å². The van der Waals surface area contributed by atoms with Gasteiger partial charge in [-0.3, -0.25) is 0 Å². The topological polar surface area (TPSA) is 64.3 Å². The highest BCUT2D eigenvalue weighted by molar-refractivity contribution is 6.30. The van der Waals surface area contributed by atoms with E-state index in [9.17, 15) is 15.2 Å². The van der Waals surface area contributed by atoms with Crippen LogP contribution < -0.4 is 4.90 Å². The number of hydrogen-bond acceptors (Lipinski definition) is 3. The number of carboxylic acids is 1. The second-order valence-electron chi connectivity index (χ2n) is 5.12. The number of halogens is 1. The third-order valence-electron chi connectivity index (χ3n) is 3.96. The van der Waals surface area contributed by atoms with Crippen molar-refractivity contribution >= 4 is 23.3 Å². The van der Waals surface area contributed by atoms with Gasteiger partial charge in [0.25, 0.3) is 0 Å². The van der Waals surface area contributed by atoms with E-state index in [1.807, 2.05) is 0 Å². The van der Waals surface area contributed by atoms with E-state index >= 15 is 0 Å². The van der Waals surface area contributed by atoms with Crippen LogP contribution in [0.25, 0.3) is 0 Å². The van der Waals surface area contributed by atoms with Gasteiger partial charge in [0, 0.05) is 11.6 Å². The lowest BCUT2D eigenvalue weighted by molar-refractivity contribution is -0.139. The minimum atomic E-state index is -0.841. The number of rotatable bonds is 3. The van der Waals surface area contributed by atoms with Crippen molar-refractivity contribution in [2.24, 2.45) is 5.92 Å². The molecule has 0 bridgehead atoms. The van der Waals surface area contributed by atoms with E-state index in [2.05, 4.69) is 13.0 Å². The molecule has 0 saturated carbocycles. The van der Waals surface area contributed by atoms with Gasteiger partial charge in [0.15, 0.2) is 0 Å². The van der Waals surface area contributed by atoms with Gasteiger partial charge >= 0.3 is 5.97 Å². The lowest BCUT2D eigenvalue weighted by Gasteiger charge is -2.39. The molecule has 20 heavy (non-hydrogen) atoms. The molecule has 2 unspecified atom stereocenters. The summed E-state index contributed by atoms with van der Waals surface area (Å²) in [6, 6.07) is 6.50. The average Bonchev–Trinajstić information content (AvgIpc) is 2.46. The Morgan fingerprint density at radius 2 is 2.35 bits per heavy atom. The molecule has 0 radical (unpaired) electrons. The SMILES string of the molecule is CCC1CCN(c2cc(Cl)ccc2C#N)C(C(=O)O)C1. The zero-order valence-electron chi connectivity index (χ0n) is 11.3. The Morgan fingerprint density at radius 1 is 1.60 bits per heavy atom. The van der Waals surface area contributed by atoms with E-state index in [1.165, 1.54) is 0 Å². The number of carboxylic acid groups (broad SMARTS) is 1. The van der Waals surface area contributed by atoms with Gasteiger partial charge in [-0.1, -0.05) is 24.9 Å². The predicted octanol–water partition coefficient (Wildman–Crippen LogP) is 3.29. The summed E-state index contributed by atoms with van der Waals surface area (Å²) >= 11 is 5.99. The summed E-state index contributed by atoms with van der Waals surface area (Å²) in [4.78, 5) is 13.3. The molecule has 4 nitrogen and oxygen atoms in total. The Morgan fingerprint density at radius 3 is 2.95 bits per heavy atom. The van der Waals surface area contributed by atoms with Crippen LogP contribution in [-0.2, 0) is 4.79 Å². The van der Waals surface area contributed by atoms with E-state index in [1.54, 1.807) is 23.1 Å². The Bertz CT molecular complexity index is 553. The van der Waals surface area contributed by atoms with Crippen LogP contribution in [0.2, 0.25) is 5.02 Å². The lowest BCUT2D eigenvalue weighted by Crippen LogP contribution is -2.47. The summed E-state index contributed by atoms with van der Waals surface area (Å²) in [5.41, 5.74) is 1.09. The second-order valence-corrected chi connectivity index (χ2v) is 5.56.